The molecule has 32 valence electrons. The summed E-state index contributed by atoms with van der Waals surface area (Å²) in [4.78, 5) is 17.8. The molecular weight excluding hydrogens is 171 g/mol. The fourth-order valence-corrected chi connectivity index (χ4v) is 0. The summed E-state index contributed by atoms with van der Waals surface area (Å²) in [5.74, 6) is 0. The molecule has 0 saturated carbocycles. The van der Waals surface area contributed by atoms with Crippen molar-refractivity contribution in [3.63, 3.8) is 0 Å². The monoisotopic (exact) mass is 173 g/mol. The number of hydrogen-bond acceptors (Lipinski definition) is 3. The zero-order valence-corrected chi connectivity index (χ0v) is 11.4. The van der Waals surface area contributed by atoms with Crippen molar-refractivity contribution >= 4 is 7.75 Å². The van der Waals surface area contributed by atoms with Crippen molar-refractivity contribution < 1.29 is 117 Å². The van der Waals surface area contributed by atoms with E-state index in [1.165, 1.54) is 0 Å². The zero-order valence-electron chi connectivity index (χ0n) is 4.25. The molecular formula is H2K2NO3P. The van der Waals surface area contributed by atoms with E-state index >= 15 is 0 Å². The summed E-state index contributed by atoms with van der Waals surface area (Å²) in [6.07, 6.45) is 0. The van der Waals surface area contributed by atoms with E-state index in [4.69, 9.17) is 14.4 Å². The summed E-state index contributed by atoms with van der Waals surface area (Å²) >= 11 is 0. The van der Waals surface area contributed by atoms with Crippen molar-refractivity contribution in [1.82, 2.24) is 0 Å². The van der Waals surface area contributed by atoms with Gasteiger partial charge in [-0.05, 0) is 7.75 Å². The molecule has 0 amide bonds. The summed E-state index contributed by atoms with van der Waals surface area (Å²) in [7, 11) is -4.64. The van der Waals surface area contributed by atoms with Crippen LogP contribution in [0.5, 0.6) is 0 Å². The van der Waals surface area contributed by atoms with Crippen LogP contribution in [0.1, 0.15) is 0 Å². The van der Waals surface area contributed by atoms with Crippen LogP contribution in [-0.2, 0) is 4.57 Å². The third-order valence-electron chi connectivity index (χ3n) is 0. The Bertz CT molecular complexity index is 59.1. The molecule has 0 radical (unpaired) electrons. The Kier molecular flexibility index (Phi) is 17.9. The predicted molar refractivity (Wildman–Crippen MR) is 11.8 cm³/mol. The van der Waals surface area contributed by atoms with Gasteiger partial charge in [0.1, 0.15) is 0 Å². The van der Waals surface area contributed by atoms with Gasteiger partial charge < -0.3 is 19.9 Å². The van der Waals surface area contributed by atoms with Crippen LogP contribution < -0.4 is 118 Å². The van der Waals surface area contributed by atoms with Crippen LogP contribution in [0.2, 0.25) is 0 Å². The molecule has 2 N–H and O–H groups in total. The first kappa shape index (κ1) is 16.8. The molecule has 0 spiro atoms. The molecule has 4 nitrogen and oxygen atoms in total. The Morgan fingerprint density at radius 3 is 1.29 bits per heavy atom. The van der Waals surface area contributed by atoms with E-state index in [1.807, 2.05) is 0 Å². The standard InChI is InChI=1S/2K.H4NO3P/c;;1-5(2,3)4/h;;(H4,1,2,3,4)/q2*+1;/p-2. The normalized spacial score (nSPS) is 8.43. The van der Waals surface area contributed by atoms with E-state index in [2.05, 4.69) is 5.50 Å². The summed E-state index contributed by atoms with van der Waals surface area (Å²) in [6.45, 7) is 0. The van der Waals surface area contributed by atoms with E-state index in [-0.39, 0.29) is 103 Å². The molecule has 7 heteroatoms. The van der Waals surface area contributed by atoms with E-state index in [9.17, 15) is 0 Å². The molecule has 0 aliphatic carbocycles. The SMILES string of the molecule is NP(=O)([O-])[O-].[K+].[K+]. The molecule has 0 fully saturated rings. The molecule has 0 bridgehead atoms. The minimum atomic E-state index is -4.64. The molecule has 0 heterocycles. The fourth-order valence-electron chi connectivity index (χ4n) is 0. The first-order valence-corrected chi connectivity index (χ1v) is 2.42. The number of rotatable bonds is 0. The molecule has 0 unspecified atom stereocenters. The first-order valence-electron chi connectivity index (χ1n) is 0.806. The van der Waals surface area contributed by atoms with Crippen LogP contribution in [0.25, 0.3) is 0 Å². The second-order valence-electron chi connectivity index (χ2n) is 0.540. The fraction of sp³-hybridized carbons (Fsp3) is 0. The van der Waals surface area contributed by atoms with E-state index in [1.54, 1.807) is 0 Å². The van der Waals surface area contributed by atoms with Gasteiger partial charge in [0.25, 0.3) is 0 Å². The van der Waals surface area contributed by atoms with Crippen LogP contribution in [0.15, 0.2) is 0 Å². The Labute approximate surface area is 127 Å². The quantitative estimate of drug-likeness (QED) is 0.291. The zero-order chi connectivity index (χ0) is 4.50. The molecule has 7 heavy (non-hydrogen) atoms. The largest absolute Gasteiger partial charge is 1.00 e. The second kappa shape index (κ2) is 7.49. The van der Waals surface area contributed by atoms with Crippen LogP contribution in [0.3, 0.4) is 0 Å². The van der Waals surface area contributed by atoms with Gasteiger partial charge in [0.15, 0.2) is 0 Å². The van der Waals surface area contributed by atoms with Gasteiger partial charge >= 0.3 is 103 Å². The third-order valence-corrected chi connectivity index (χ3v) is 0. The smallest absolute Gasteiger partial charge is 0.799 e. The van der Waals surface area contributed by atoms with Crippen LogP contribution in [0, 0.1) is 0 Å². The molecule has 0 aromatic rings. The van der Waals surface area contributed by atoms with Gasteiger partial charge in [0.2, 0.25) is 0 Å². The molecule has 0 aliphatic heterocycles. The summed E-state index contributed by atoms with van der Waals surface area (Å²) in [5, 5.41) is 0. The van der Waals surface area contributed by atoms with Crippen molar-refractivity contribution in [3.8, 4) is 0 Å². The van der Waals surface area contributed by atoms with Crippen molar-refractivity contribution in [2.45, 2.75) is 0 Å². The Balaban J connectivity index is -0.0000000800. The maximum absolute atomic E-state index is 8.88. The average Bonchev–Trinajstić information content (AvgIpc) is 0.722. The van der Waals surface area contributed by atoms with Crippen molar-refractivity contribution in [2.75, 3.05) is 0 Å². The van der Waals surface area contributed by atoms with Crippen molar-refractivity contribution in [3.05, 3.63) is 0 Å². The van der Waals surface area contributed by atoms with E-state index in [0.29, 0.717) is 0 Å². The van der Waals surface area contributed by atoms with Gasteiger partial charge in [0, 0.05) is 0 Å². The first-order chi connectivity index (χ1) is 2.00. The minimum absolute atomic E-state index is 0. The van der Waals surface area contributed by atoms with Gasteiger partial charge in [-0.15, -0.1) is 0 Å². The van der Waals surface area contributed by atoms with E-state index in [0.717, 1.165) is 0 Å². The molecule has 0 aliphatic rings. The number of nitrogens with two attached hydrogens (primary N) is 1. The minimum Gasteiger partial charge on any atom is -0.799 e. The maximum atomic E-state index is 8.88. The number of hydrogen-bond donors (Lipinski definition) is 1. The summed E-state index contributed by atoms with van der Waals surface area (Å²) in [5.41, 5.74) is 3.80. The van der Waals surface area contributed by atoms with Gasteiger partial charge in [-0.25, -0.2) is 0 Å². The van der Waals surface area contributed by atoms with Crippen LogP contribution in [0.4, 0.5) is 0 Å². The third kappa shape index (κ3) is 44.7. The predicted octanol–water partition coefficient (Wildman–Crippen LogP) is -8.22. The maximum Gasteiger partial charge on any atom is 1.00 e. The molecule has 0 aromatic heterocycles. The second-order valence-corrected chi connectivity index (χ2v) is 1.62. The van der Waals surface area contributed by atoms with Gasteiger partial charge in [-0.2, -0.15) is 0 Å². The van der Waals surface area contributed by atoms with Gasteiger partial charge in [0.05, 0.1) is 0 Å². The molecule has 0 saturated heterocycles. The van der Waals surface area contributed by atoms with Crippen molar-refractivity contribution in [2.24, 2.45) is 5.50 Å². The van der Waals surface area contributed by atoms with E-state index < -0.39 is 7.75 Å². The molecule has 0 atom stereocenters. The summed E-state index contributed by atoms with van der Waals surface area (Å²) in [6, 6.07) is 0. The van der Waals surface area contributed by atoms with Crippen LogP contribution in [-0.4, -0.2) is 0 Å². The van der Waals surface area contributed by atoms with Gasteiger partial charge in [-0.1, -0.05) is 0 Å². The van der Waals surface area contributed by atoms with Crippen molar-refractivity contribution in [1.29, 1.82) is 0 Å². The van der Waals surface area contributed by atoms with Crippen LogP contribution >= 0.6 is 7.75 Å². The summed E-state index contributed by atoms with van der Waals surface area (Å²) < 4.78 is 8.88. The average molecular weight is 173 g/mol. The Morgan fingerprint density at radius 1 is 1.29 bits per heavy atom. The molecule has 0 rings (SSSR count). The molecule has 0 aromatic carbocycles. The topological polar surface area (TPSA) is 89.2 Å². The van der Waals surface area contributed by atoms with Gasteiger partial charge in [-0.3, -0.25) is 0 Å². The Morgan fingerprint density at radius 2 is 1.29 bits per heavy atom. The Hall–Kier alpha value is 3.38.